The number of benzene rings is 2. The Morgan fingerprint density at radius 1 is 0.619 bits per heavy atom. The van der Waals surface area contributed by atoms with Crippen molar-refractivity contribution in [3.8, 4) is 0 Å². The Bertz CT molecular complexity index is 1040. The molecule has 0 aliphatic heterocycles. The Labute approximate surface area is 249 Å². The first-order valence-corrected chi connectivity index (χ1v) is 14.5. The normalized spacial score (nSPS) is 12.2. The van der Waals surface area contributed by atoms with Gasteiger partial charge in [-0.1, -0.05) is 60.7 Å². The number of urea groups is 2. The van der Waals surface area contributed by atoms with Gasteiger partial charge in [0.05, 0.1) is 12.1 Å². The van der Waals surface area contributed by atoms with Gasteiger partial charge in [0.15, 0.2) is 0 Å². The van der Waals surface area contributed by atoms with E-state index in [4.69, 9.17) is 9.47 Å². The van der Waals surface area contributed by atoms with E-state index in [1.54, 1.807) is 9.80 Å². The lowest BCUT2D eigenvalue weighted by molar-refractivity contribution is -0.141. The van der Waals surface area contributed by atoms with E-state index in [0.29, 0.717) is 39.0 Å². The summed E-state index contributed by atoms with van der Waals surface area (Å²) in [6.07, 6.45) is 2.92. The van der Waals surface area contributed by atoms with Gasteiger partial charge in [0.1, 0.15) is 13.2 Å². The van der Waals surface area contributed by atoms with Crippen molar-refractivity contribution in [3.63, 3.8) is 0 Å². The highest BCUT2D eigenvalue weighted by molar-refractivity contribution is 5.91. The Balaban J connectivity index is 1.94. The monoisotopic (exact) mass is 580 g/mol. The highest BCUT2D eigenvalue weighted by Gasteiger charge is 2.20. The van der Waals surface area contributed by atoms with Crippen molar-refractivity contribution in [2.24, 2.45) is 0 Å². The first-order valence-electron chi connectivity index (χ1n) is 14.5. The molecule has 0 bridgehead atoms. The van der Waals surface area contributed by atoms with Crippen LogP contribution < -0.4 is 10.6 Å². The number of rotatable bonds is 16. The van der Waals surface area contributed by atoms with Crippen LogP contribution in [0.3, 0.4) is 0 Å². The van der Waals surface area contributed by atoms with Gasteiger partial charge in [-0.05, 0) is 51.7 Å². The number of nitrogens with one attached hydrogen (secondary N) is 2. The lowest BCUT2D eigenvalue weighted by Gasteiger charge is -2.24. The first-order chi connectivity index (χ1) is 20.3. The number of carbonyl (C=O) groups is 4. The predicted molar refractivity (Wildman–Crippen MR) is 162 cm³/mol. The fourth-order valence-corrected chi connectivity index (χ4v) is 4.25. The molecule has 0 aliphatic carbocycles. The third-order valence-corrected chi connectivity index (χ3v) is 6.62. The Morgan fingerprint density at radius 2 is 0.952 bits per heavy atom. The maximum absolute atomic E-state index is 12.6. The molecule has 2 N–H and O–H groups in total. The standard InChI is InChI=1S/C32H44N4O6/c1-5-35(6-2)31(39)33-27(21-25-15-11-9-12-16-25)23-41-29(37)19-20-30(38)42-24-28(22-26-17-13-10-14-18-26)34-32(40)36(7-3)8-4/h9-20,27-28H,5-8,21-24H2,1-4H3,(H,33,39)(H,34,40)/b20-19+/t27-,28-/m0/s1. The molecule has 0 saturated heterocycles. The molecule has 2 aromatic carbocycles. The van der Waals surface area contributed by atoms with Gasteiger partial charge in [0.25, 0.3) is 0 Å². The number of amides is 4. The Kier molecular flexibility index (Phi) is 15.2. The molecule has 0 spiro atoms. The highest BCUT2D eigenvalue weighted by Crippen LogP contribution is 2.07. The van der Waals surface area contributed by atoms with Crippen LogP contribution in [0.25, 0.3) is 0 Å². The fraction of sp³-hybridized carbons (Fsp3) is 0.438. The van der Waals surface area contributed by atoms with Gasteiger partial charge in [0.2, 0.25) is 0 Å². The molecule has 10 heteroatoms. The van der Waals surface area contributed by atoms with Crippen molar-refractivity contribution >= 4 is 24.0 Å². The first kappa shape index (κ1) is 33.9. The average molecular weight is 581 g/mol. The maximum Gasteiger partial charge on any atom is 0.331 e. The number of hydrogen-bond acceptors (Lipinski definition) is 6. The molecule has 0 saturated carbocycles. The van der Waals surface area contributed by atoms with Crippen LogP contribution >= 0.6 is 0 Å². The van der Waals surface area contributed by atoms with Crippen LogP contribution in [-0.4, -0.2) is 85.3 Å². The van der Waals surface area contributed by atoms with E-state index in [1.807, 2.05) is 88.4 Å². The van der Waals surface area contributed by atoms with Crippen LogP contribution in [0.5, 0.6) is 0 Å². The Morgan fingerprint density at radius 3 is 1.26 bits per heavy atom. The molecule has 0 aromatic heterocycles. The average Bonchev–Trinajstić information content (AvgIpc) is 2.99. The summed E-state index contributed by atoms with van der Waals surface area (Å²) in [5.74, 6) is -1.48. The maximum atomic E-state index is 12.6. The van der Waals surface area contributed by atoms with Crippen LogP contribution in [0.15, 0.2) is 72.8 Å². The summed E-state index contributed by atoms with van der Waals surface area (Å²) >= 11 is 0. The summed E-state index contributed by atoms with van der Waals surface area (Å²) in [6.45, 7) is 9.63. The minimum atomic E-state index is -0.738. The quantitative estimate of drug-likeness (QED) is 0.229. The number of hydrogen-bond donors (Lipinski definition) is 2. The van der Waals surface area contributed by atoms with Gasteiger partial charge in [-0.15, -0.1) is 0 Å². The SMILES string of the molecule is CCN(CC)C(=O)N[C@H](COC(=O)/C=C/C(=O)OC[C@H](Cc1ccccc1)NC(=O)N(CC)CC)Cc1ccccc1. The molecule has 0 unspecified atom stereocenters. The summed E-state index contributed by atoms with van der Waals surface area (Å²) in [6, 6.07) is 17.7. The zero-order valence-corrected chi connectivity index (χ0v) is 25.1. The van der Waals surface area contributed by atoms with Crippen molar-refractivity contribution in [3.05, 3.63) is 83.9 Å². The van der Waals surface area contributed by atoms with E-state index in [1.165, 1.54) is 0 Å². The van der Waals surface area contributed by atoms with Crippen LogP contribution in [0.4, 0.5) is 9.59 Å². The molecular weight excluding hydrogens is 536 g/mol. The van der Waals surface area contributed by atoms with E-state index in [-0.39, 0.29) is 25.3 Å². The van der Waals surface area contributed by atoms with Gasteiger partial charge in [-0.25, -0.2) is 19.2 Å². The van der Waals surface area contributed by atoms with Crippen LogP contribution in [0, 0.1) is 0 Å². The summed E-state index contributed by atoms with van der Waals surface area (Å²) in [5, 5.41) is 5.86. The zero-order valence-electron chi connectivity index (χ0n) is 25.1. The molecule has 0 radical (unpaired) electrons. The molecule has 2 rings (SSSR count). The van der Waals surface area contributed by atoms with Crippen molar-refractivity contribution in [1.29, 1.82) is 0 Å². The van der Waals surface area contributed by atoms with Crippen molar-refractivity contribution in [1.82, 2.24) is 20.4 Å². The Hall–Kier alpha value is -4.34. The fourth-order valence-electron chi connectivity index (χ4n) is 4.25. The second kappa shape index (κ2) is 18.9. The smallest absolute Gasteiger partial charge is 0.331 e. The molecule has 42 heavy (non-hydrogen) atoms. The lowest BCUT2D eigenvalue weighted by atomic mass is 10.1. The number of esters is 2. The molecule has 0 fully saturated rings. The van der Waals surface area contributed by atoms with E-state index < -0.39 is 24.0 Å². The minimum absolute atomic E-state index is 0.0728. The predicted octanol–water partition coefficient (Wildman–Crippen LogP) is 3.95. The molecule has 10 nitrogen and oxygen atoms in total. The number of nitrogens with zero attached hydrogens (tertiary/aromatic N) is 2. The van der Waals surface area contributed by atoms with E-state index in [2.05, 4.69) is 10.6 Å². The second-order valence-corrected chi connectivity index (χ2v) is 9.61. The zero-order chi connectivity index (χ0) is 30.7. The molecule has 0 heterocycles. The summed E-state index contributed by atoms with van der Waals surface area (Å²) in [7, 11) is 0. The van der Waals surface area contributed by atoms with Gasteiger partial charge in [-0.2, -0.15) is 0 Å². The van der Waals surface area contributed by atoms with Crippen LogP contribution in [0.2, 0.25) is 0 Å². The topological polar surface area (TPSA) is 117 Å². The van der Waals surface area contributed by atoms with Crippen LogP contribution in [0.1, 0.15) is 38.8 Å². The van der Waals surface area contributed by atoms with Gasteiger partial charge >= 0.3 is 24.0 Å². The summed E-state index contributed by atoms with van der Waals surface area (Å²) in [4.78, 5) is 53.3. The number of ether oxygens (including phenoxy) is 2. The van der Waals surface area contributed by atoms with Gasteiger partial charge in [-0.3, -0.25) is 0 Å². The molecule has 4 amide bonds. The lowest BCUT2D eigenvalue weighted by Crippen LogP contribution is -2.47. The van der Waals surface area contributed by atoms with Crippen molar-refractivity contribution < 1.29 is 28.7 Å². The molecule has 2 atom stereocenters. The van der Waals surface area contributed by atoms with Crippen molar-refractivity contribution in [2.75, 3.05) is 39.4 Å². The minimum Gasteiger partial charge on any atom is -0.460 e. The molecular formula is C32H44N4O6. The third kappa shape index (κ3) is 12.4. The molecule has 0 aliphatic rings. The highest BCUT2D eigenvalue weighted by atomic mass is 16.5. The van der Waals surface area contributed by atoms with E-state index >= 15 is 0 Å². The number of carbonyl (C=O) groups excluding carboxylic acids is 4. The van der Waals surface area contributed by atoms with E-state index in [0.717, 1.165) is 23.3 Å². The van der Waals surface area contributed by atoms with E-state index in [9.17, 15) is 19.2 Å². The van der Waals surface area contributed by atoms with Gasteiger partial charge < -0.3 is 29.9 Å². The van der Waals surface area contributed by atoms with Gasteiger partial charge in [0, 0.05) is 38.3 Å². The van der Waals surface area contributed by atoms with Crippen molar-refractivity contribution in [2.45, 2.75) is 52.6 Å². The second-order valence-electron chi connectivity index (χ2n) is 9.61. The van der Waals surface area contributed by atoms with Crippen LogP contribution in [-0.2, 0) is 31.9 Å². The largest absolute Gasteiger partial charge is 0.460 e. The molecule has 228 valence electrons. The molecule has 2 aromatic rings. The summed E-state index contributed by atoms with van der Waals surface area (Å²) < 4.78 is 10.7. The summed E-state index contributed by atoms with van der Waals surface area (Å²) in [5.41, 5.74) is 1.96. The third-order valence-electron chi connectivity index (χ3n) is 6.62.